The van der Waals surface area contributed by atoms with Gasteiger partial charge in [-0.1, -0.05) is 0 Å². The van der Waals surface area contributed by atoms with Crippen LogP contribution < -0.4 is 14.8 Å². The maximum atomic E-state index is 12.4. The van der Waals surface area contributed by atoms with Crippen molar-refractivity contribution >= 4 is 5.91 Å². The molecule has 2 heterocycles. The van der Waals surface area contributed by atoms with E-state index in [0.29, 0.717) is 11.5 Å². The number of ether oxygens (including phenoxy) is 2. The second-order valence-corrected chi connectivity index (χ2v) is 6.83. The fraction of sp³-hybridized carbons (Fsp3) is 0.611. The van der Waals surface area contributed by atoms with Crippen molar-refractivity contribution < 1.29 is 19.4 Å². The van der Waals surface area contributed by atoms with E-state index in [-0.39, 0.29) is 17.2 Å². The average molecular weight is 349 g/mol. The van der Waals surface area contributed by atoms with E-state index >= 15 is 0 Å². The molecule has 0 atom stereocenters. The Balaban J connectivity index is 1.69. The van der Waals surface area contributed by atoms with Crippen molar-refractivity contribution in [3.63, 3.8) is 0 Å². The van der Waals surface area contributed by atoms with Gasteiger partial charge in [0, 0.05) is 32.7 Å². The number of hydrogen-bond acceptors (Lipinski definition) is 6. The number of piperazine rings is 1. The molecule has 2 N–H and O–H groups in total. The molecule has 1 spiro atoms. The fourth-order valence-corrected chi connectivity index (χ4v) is 3.88. The second kappa shape index (κ2) is 7.09. The van der Waals surface area contributed by atoms with Gasteiger partial charge in [-0.2, -0.15) is 0 Å². The smallest absolute Gasteiger partial charge is 0.240 e. The molecule has 0 aromatic heterocycles. The van der Waals surface area contributed by atoms with Gasteiger partial charge in [0.05, 0.1) is 14.2 Å². The molecular formula is C18H27N3O4. The summed E-state index contributed by atoms with van der Waals surface area (Å²) in [5.74, 6) is 1.00. The first-order chi connectivity index (χ1) is 12.0. The summed E-state index contributed by atoms with van der Waals surface area (Å²) in [4.78, 5) is 16.9. The number of amides is 1. The molecule has 1 aromatic carbocycles. The molecule has 25 heavy (non-hydrogen) atoms. The molecule has 2 saturated heterocycles. The molecule has 0 bridgehead atoms. The number of methoxy groups -OCH3 is 2. The first-order valence-corrected chi connectivity index (χ1v) is 8.66. The topological polar surface area (TPSA) is 74.3 Å². The lowest BCUT2D eigenvalue weighted by Gasteiger charge is -2.48. The van der Waals surface area contributed by atoms with Crippen LogP contribution in [0.1, 0.15) is 18.4 Å². The monoisotopic (exact) mass is 349 g/mol. The zero-order valence-corrected chi connectivity index (χ0v) is 15.2. The van der Waals surface area contributed by atoms with Gasteiger partial charge in [0.15, 0.2) is 11.5 Å². The molecular weight excluding hydrogens is 322 g/mol. The zero-order valence-electron chi connectivity index (χ0n) is 15.2. The third kappa shape index (κ3) is 3.26. The standard InChI is InChI=1S/C18H27N3O4/c1-20-9-6-19-17(23)18(20)4-7-21(8-5-18)12-13-10-14(24-2)16(22)15(11-13)25-3/h10-11,22H,4-9,12H2,1-3H3,(H,19,23). The molecule has 2 aliphatic rings. The van der Waals surface area contributed by atoms with Gasteiger partial charge in [-0.3, -0.25) is 14.6 Å². The Bertz CT molecular complexity index is 616. The van der Waals surface area contributed by atoms with E-state index in [1.54, 1.807) is 0 Å². The molecule has 0 unspecified atom stereocenters. The Kier molecular flexibility index (Phi) is 5.06. The summed E-state index contributed by atoms with van der Waals surface area (Å²) >= 11 is 0. The lowest BCUT2D eigenvalue weighted by Crippen LogP contribution is -2.66. The predicted octanol–water partition coefficient (Wildman–Crippen LogP) is 0.806. The van der Waals surface area contributed by atoms with E-state index in [4.69, 9.17) is 9.47 Å². The van der Waals surface area contributed by atoms with Gasteiger partial charge < -0.3 is 19.9 Å². The number of aromatic hydroxyl groups is 1. The summed E-state index contributed by atoms with van der Waals surface area (Å²) in [5, 5.41) is 13.0. The average Bonchev–Trinajstić information content (AvgIpc) is 2.62. The number of hydrogen-bond donors (Lipinski definition) is 2. The molecule has 0 radical (unpaired) electrons. The number of nitrogens with one attached hydrogen (secondary N) is 1. The van der Waals surface area contributed by atoms with Crippen LogP contribution in [0.15, 0.2) is 12.1 Å². The van der Waals surface area contributed by atoms with Gasteiger partial charge in [0.25, 0.3) is 0 Å². The maximum Gasteiger partial charge on any atom is 0.240 e. The SMILES string of the molecule is COc1cc(CN2CCC3(CC2)C(=O)NCCN3C)cc(OC)c1O. The third-order valence-corrected chi connectivity index (χ3v) is 5.52. The molecule has 0 saturated carbocycles. The van der Waals surface area contributed by atoms with Crippen LogP contribution in [0.5, 0.6) is 17.2 Å². The highest BCUT2D eigenvalue weighted by Crippen LogP contribution is 2.38. The third-order valence-electron chi connectivity index (χ3n) is 5.52. The first kappa shape index (κ1) is 17.8. The van der Waals surface area contributed by atoms with Crippen LogP contribution in [0.2, 0.25) is 0 Å². The number of carbonyl (C=O) groups is 1. The molecule has 138 valence electrons. The van der Waals surface area contributed by atoms with E-state index in [1.807, 2.05) is 19.2 Å². The molecule has 1 aromatic rings. The van der Waals surface area contributed by atoms with Gasteiger partial charge >= 0.3 is 0 Å². The van der Waals surface area contributed by atoms with Crippen LogP contribution in [0.3, 0.4) is 0 Å². The maximum absolute atomic E-state index is 12.4. The largest absolute Gasteiger partial charge is 0.502 e. The summed E-state index contributed by atoms with van der Waals surface area (Å²) in [6.07, 6.45) is 1.64. The Hall–Kier alpha value is -1.99. The predicted molar refractivity (Wildman–Crippen MR) is 94.1 cm³/mol. The molecule has 7 nitrogen and oxygen atoms in total. The highest BCUT2D eigenvalue weighted by atomic mass is 16.5. The van der Waals surface area contributed by atoms with Crippen LogP contribution >= 0.6 is 0 Å². The van der Waals surface area contributed by atoms with Crippen LogP contribution in [0.25, 0.3) is 0 Å². The number of benzene rings is 1. The minimum atomic E-state index is -0.362. The summed E-state index contributed by atoms with van der Waals surface area (Å²) in [7, 11) is 5.10. The summed E-state index contributed by atoms with van der Waals surface area (Å²) < 4.78 is 10.5. The van der Waals surface area contributed by atoms with E-state index in [2.05, 4.69) is 15.1 Å². The van der Waals surface area contributed by atoms with Crippen molar-refractivity contribution in [2.75, 3.05) is 47.4 Å². The number of nitrogens with zero attached hydrogens (tertiary/aromatic N) is 2. The number of likely N-dealkylation sites (N-methyl/N-ethyl adjacent to an activating group) is 1. The van der Waals surface area contributed by atoms with Crippen LogP contribution in [0, 0.1) is 0 Å². The summed E-state index contributed by atoms with van der Waals surface area (Å²) in [6.45, 7) is 4.06. The van der Waals surface area contributed by atoms with E-state index in [9.17, 15) is 9.90 Å². The Labute approximate surface area is 148 Å². The summed E-state index contributed by atoms with van der Waals surface area (Å²) in [6, 6.07) is 3.67. The Morgan fingerprint density at radius 1 is 1.16 bits per heavy atom. The van der Waals surface area contributed by atoms with Gasteiger partial charge in [-0.25, -0.2) is 0 Å². The van der Waals surface area contributed by atoms with E-state index < -0.39 is 0 Å². The van der Waals surface area contributed by atoms with E-state index in [1.165, 1.54) is 14.2 Å². The highest BCUT2D eigenvalue weighted by molar-refractivity contribution is 5.87. The van der Waals surface area contributed by atoms with Gasteiger partial charge in [0.2, 0.25) is 11.7 Å². The Morgan fingerprint density at radius 2 is 1.76 bits per heavy atom. The lowest BCUT2D eigenvalue weighted by atomic mass is 9.83. The van der Waals surface area contributed by atoms with Crippen molar-refractivity contribution in [1.29, 1.82) is 0 Å². The molecule has 1 amide bonds. The van der Waals surface area contributed by atoms with E-state index in [0.717, 1.165) is 51.1 Å². The number of phenolic OH excluding ortho intramolecular Hbond substituents is 1. The number of piperidine rings is 1. The highest BCUT2D eigenvalue weighted by Gasteiger charge is 2.46. The van der Waals surface area contributed by atoms with Crippen molar-refractivity contribution in [2.45, 2.75) is 24.9 Å². The van der Waals surface area contributed by atoms with Gasteiger partial charge in [0.1, 0.15) is 5.54 Å². The number of phenols is 1. The quantitative estimate of drug-likeness (QED) is 0.838. The van der Waals surface area contributed by atoms with Crippen molar-refractivity contribution in [3.05, 3.63) is 17.7 Å². The van der Waals surface area contributed by atoms with Crippen LogP contribution in [0.4, 0.5) is 0 Å². The van der Waals surface area contributed by atoms with Crippen molar-refractivity contribution in [2.24, 2.45) is 0 Å². The van der Waals surface area contributed by atoms with Crippen molar-refractivity contribution in [1.82, 2.24) is 15.1 Å². The number of likely N-dealkylation sites (tertiary alicyclic amines) is 1. The van der Waals surface area contributed by atoms with Crippen LogP contribution in [-0.4, -0.2) is 73.8 Å². The summed E-state index contributed by atoms with van der Waals surface area (Å²) in [5.41, 5.74) is 0.655. The number of carbonyl (C=O) groups excluding carboxylic acids is 1. The number of rotatable bonds is 4. The second-order valence-electron chi connectivity index (χ2n) is 6.83. The Morgan fingerprint density at radius 3 is 2.28 bits per heavy atom. The minimum absolute atomic E-state index is 0.0202. The lowest BCUT2D eigenvalue weighted by molar-refractivity contribution is -0.140. The molecule has 7 heteroatoms. The first-order valence-electron chi connectivity index (χ1n) is 8.66. The van der Waals surface area contributed by atoms with Gasteiger partial charge in [-0.15, -0.1) is 0 Å². The normalized spacial score (nSPS) is 21.2. The van der Waals surface area contributed by atoms with Gasteiger partial charge in [-0.05, 0) is 37.6 Å². The molecule has 2 aliphatic heterocycles. The van der Waals surface area contributed by atoms with Crippen LogP contribution in [-0.2, 0) is 11.3 Å². The molecule has 3 rings (SSSR count). The molecule has 2 fully saturated rings. The minimum Gasteiger partial charge on any atom is -0.502 e. The zero-order chi connectivity index (χ0) is 18.0. The molecule has 0 aliphatic carbocycles. The fourth-order valence-electron chi connectivity index (χ4n) is 3.88. The van der Waals surface area contributed by atoms with Crippen molar-refractivity contribution in [3.8, 4) is 17.2 Å².